The molecule has 1 atom stereocenters. The van der Waals surface area contributed by atoms with Crippen molar-refractivity contribution in [2.75, 3.05) is 12.3 Å². The van der Waals surface area contributed by atoms with E-state index in [1.54, 1.807) is 11.8 Å². The van der Waals surface area contributed by atoms with E-state index >= 15 is 0 Å². The summed E-state index contributed by atoms with van der Waals surface area (Å²) in [7, 11) is 0. The van der Waals surface area contributed by atoms with Crippen LogP contribution in [0.5, 0.6) is 0 Å². The molecule has 96 valence electrons. The first-order valence-corrected chi connectivity index (χ1v) is 7.73. The minimum Gasteiger partial charge on any atom is -0.391 e. The van der Waals surface area contributed by atoms with Crippen LogP contribution in [0.4, 0.5) is 0 Å². The molecule has 1 heterocycles. The molecule has 0 aliphatic rings. The second-order valence-corrected chi connectivity index (χ2v) is 6.35. The number of carbonyl (C=O) groups is 1. The lowest BCUT2D eigenvalue weighted by Crippen LogP contribution is -2.32. The van der Waals surface area contributed by atoms with Crippen LogP contribution < -0.4 is 5.32 Å². The van der Waals surface area contributed by atoms with E-state index in [4.69, 9.17) is 11.6 Å². The summed E-state index contributed by atoms with van der Waals surface area (Å²) < 4.78 is 0.774. The second kappa shape index (κ2) is 7.97. The molecule has 6 heteroatoms. The number of nitrogens with one attached hydrogen (secondary N) is 1. The molecule has 0 bridgehead atoms. The number of hydrogen-bond acceptors (Lipinski definition) is 4. The van der Waals surface area contributed by atoms with Gasteiger partial charge < -0.3 is 10.4 Å². The van der Waals surface area contributed by atoms with Crippen molar-refractivity contribution in [2.24, 2.45) is 0 Å². The molecule has 1 unspecified atom stereocenters. The molecule has 1 aromatic rings. The van der Waals surface area contributed by atoms with Crippen LogP contribution in [0.25, 0.3) is 0 Å². The summed E-state index contributed by atoms with van der Waals surface area (Å²) >= 11 is 8.88. The Hall–Kier alpha value is -0.230. The van der Waals surface area contributed by atoms with Gasteiger partial charge in [0.1, 0.15) is 0 Å². The number of halogens is 1. The first kappa shape index (κ1) is 14.8. The van der Waals surface area contributed by atoms with E-state index in [0.29, 0.717) is 18.7 Å². The van der Waals surface area contributed by atoms with Crippen LogP contribution in [-0.2, 0) is 10.5 Å². The van der Waals surface area contributed by atoms with E-state index in [9.17, 15) is 9.90 Å². The van der Waals surface area contributed by atoms with Crippen LogP contribution in [0.15, 0.2) is 12.1 Å². The summed E-state index contributed by atoms with van der Waals surface area (Å²) in [6, 6.07) is 3.83. The predicted molar refractivity (Wildman–Crippen MR) is 74.8 cm³/mol. The third-order valence-corrected chi connectivity index (χ3v) is 4.51. The average molecular weight is 294 g/mol. The largest absolute Gasteiger partial charge is 0.391 e. The van der Waals surface area contributed by atoms with Gasteiger partial charge in [0.05, 0.1) is 16.2 Å². The molecule has 0 aliphatic carbocycles. The second-order valence-electron chi connectivity index (χ2n) is 3.56. The number of carbonyl (C=O) groups excluding carboxylic acids is 1. The predicted octanol–water partition coefficient (Wildman–Crippen LogP) is 2.52. The number of rotatable bonds is 7. The molecule has 17 heavy (non-hydrogen) atoms. The first-order chi connectivity index (χ1) is 8.11. The number of aliphatic hydroxyl groups is 1. The zero-order valence-corrected chi connectivity index (χ0v) is 12.0. The highest BCUT2D eigenvalue weighted by molar-refractivity contribution is 7.99. The van der Waals surface area contributed by atoms with E-state index in [1.165, 1.54) is 16.2 Å². The third-order valence-electron chi connectivity index (χ3n) is 2.11. The number of hydrogen-bond donors (Lipinski definition) is 2. The van der Waals surface area contributed by atoms with Crippen molar-refractivity contribution in [3.05, 3.63) is 21.3 Å². The SMILES string of the molecule is CCC(O)CNC(=O)CSCc1ccc(Cl)s1. The number of thiophene rings is 1. The average Bonchev–Trinajstić information content (AvgIpc) is 2.72. The summed E-state index contributed by atoms with van der Waals surface area (Å²) in [4.78, 5) is 12.6. The van der Waals surface area contributed by atoms with Crippen molar-refractivity contribution in [1.82, 2.24) is 5.32 Å². The quantitative estimate of drug-likeness (QED) is 0.812. The molecule has 0 radical (unpaired) electrons. The van der Waals surface area contributed by atoms with Crippen LogP contribution >= 0.6 is 34.7 Å². The van der Waals surface area contributed by atoms with Crippen LogP contribution in [0.3, 0.4) is 0 Å². The normalized spacial score (nSPS) is 12.4. The number of thioether (sulfide) groups is 1. The maximum atomic E-state index is 11.4. The zero-order chi connectivity index (χ0) is 12.7. The Balaban J connectivity index is 2.12. The molecule has 0 saturated heterocycles. The standard InChI is InChI=1S/C11H16ClNO2S2/c1-2-8(14)5-13-11(15)7-16-6-9-3-4-10(12)17-9/h3-4,8,14H,2,5-7H2,1H3,(H,13,15). The Morgan fingerprint density at radius 1 is 1.65 bits per heavy atom. The smallest absolute Gasteiger partial charge is 0.230 e. The minimum atomic E-state index is -0.444. The fourth-order valence-electron chi connectivity index (χ4n) is 1.10. The zero-order valence-electron chi connectivity index (χ0n) is 9.61. The Kier molecular flexibility index (Phi) is 6.96. The van der Waals surface area contributed by atoms with Gasteiger partial charge >= 0.3 is 0 Å². The molecule has 0 fully saturated rings. The molecular formula is C11H16ClNO2S2. The van der Waals surface area contributed by atoms with Crippen LogP contribution in [0, 0.1) is 0 Å². The molecule has 0 aliphatic heterocycles. The first-order valence-electron chi connectivity index (χ1n) is 5.38. The van der Waals surface area contributed by atoms with Crippen LogP contribution in [-0.4, -0.2) is 29.4 Å². The van der Waals surface area contributed by atoms with Crippen molar-refractivity contribution < 1.29 is 9.90 Å². The van der Waals surface area contributed by atoms with E-state index in [-0.39, 0.29) is 5.91 Å². The van der Waals surface area contributed by atoms with Gasteiger partial charge in [0.15, 0.2) is 0 Å². The van der Waals surface area contributed by atoms with Crippen LogP contribution in [0.2, 0.25) is 4.34 Å². The van der Waals surface area contributed by atoms with E-state index in [0.717, 1.165) is 10.1 Å². The molecule has 0 spiro atoms. The van der Waals surface area contributed by atoms with Gasteiger partial charge in [0.25, 0.3) is 0 Å². The fraction of sp³-hybridized carbons (Fsp3) is 0.545. The fourth-order valence-corrected chi connectivity index (χ4v) is 3.16. The third kappa shape index (κ3) is 6.31. The Morgan fingerprint density at radius 3 is 3.00 bits per heavy atom. The van der Waals surface area contributed by atoms with E-state index in [2.05, 4.69) is 5.32 Å². The van der Waals surface area contributed by atoms with Gasteiger partial charge in [0, 0.05) is 17.2 Å². The maximum Gasteiger partial charge on any atom is 0.230 e. The summed E-state index contributed by atoms with van der Waals surface area (Å²) in [5.41, 5.74) is 0. The van der Waals surface area contributed by atoms with Crippen molar-refractivity contribution in [1.29, 1.82) is 0 Å². The summed E-state index contributed by atoms with van der Waals surface area (Å²) in [5.74, 6) is 1.16. The lowest BCUT2D eigenvalue weighted by molar-refractivity contribution is -0.119. The minimum absolute atomic E-state index is 0.0369. The van der Waals surface area contributed by atoms with Crippen molar-refractivity contribution in [3.8, 4) is 0 Å². The van der Waals surface area contributed by atoms with Gasteiger partial charge in [-0.1, -0.05) is 18.5 Å². The Bertz CT molecular complexity index is 357. The monoisotopic (exact) mass is 293 g/mol. The summed E-state index contributed by atoms with van der Waals surface area (Å²) in [6.45, 7) is 2.22. The topological polar surface area (TPSA) is 49.3 Å². The van der Waals surface area contributed by atoms with Gasteiger partial charge in [-0.25, -0.2) is 0 Å². The van der Waals surface area contributed by atoms with E-state index < -0.39 is 6.10 Å². The molecule has 0 saturated carbocycles. The summed E-state index contributed by atoms with van der Waals surface area (Å²) in [6.07, 6.45) is 0.209. The molecule has 0 aromatic carbocycles. The van der Waals surface area contributed by atoms with Crippen molar-refractivity contribution in [3.63, 3.8) is 0 Å². The number of amides is 1. The molecule has 3 nitrogen and oxygen atoms in total. The summed E-state index contributed by atoms with van der Waals surface area (Å²) in [5, 5.41) is 12.0. The van der Waals surface area contributed by atoms with Gasteiger partial charge in [-0.3, -0.25) is 4.79 Å². The number of aliphatic hydroxyl groups excluding tert-OH is 1. The highest BCUT2D eigenvalue weighted by atomic mass is 35.5. The maximum absolute atomic E-state index is 11.4. The van der Waals surface area contributed by atoms with Crippen LogP contribution in [0.1, 0.15) is 18.2 Å². The Labute approximate surface area is 115 Å². The molecule has 1 rings (SSSR count). The van der Waals surface area contributed by atoms with Gasteiger partial charge in [0.2, 0.25) is 5.91 Å². The van der Waals surface area contributed by atoms with E-state index in [1.807, 2.05) is 19.1 Å². The van der Waals surface area contributed by atoms with Crippen molar-refractivity contribution in [2.45, 2.75) is 25.2 Å². The lowest BCUT2D eigenvalue weighted by Gasteiger charge is -2.08. The highest BCUT2D eigenvalue weighted by Crippen LogP contribution is 2.24. The molecule has 2 N–H and O–H groups in total. The molecule has 1 aromatic heterocycles. The molecular weight excluding hydrogens is 278 g/mol. The van der Waals surface area contributed by atoms with Crippen molar-refractivity contribution >= 4 is 40.6 Å². The highest BCUT2D eigenvalue weighted by Gasteiger charge is 2.05. The lowest BCUT2D eigenvalue weighted by atomic mass is 10.3. The van der Waals surface area contributed by atoms with Gasteiger partial charge in [-0.05, 0) is 18.6 Å². The molecule has 1 amide bonds. The van der Waals surface area contributed by atoms with Gasteiger partial charge in [-0.2, -0.15) is 0 Å². The van der Waals surface area contributed by atoms with Gasteiger partial charge in [-0.15, -0.1) is 23.1 Å². The Morgan fingerprint density at radius 2 is 2.41 bits per heavy atom.